The maximum Gasteiger partial charge on any atom is 0.162 e. The van der Waals surface area contributed by atoms with Crippen LogP contribution in [0.3, 0.4) is 0 Å². The van der Waals surface area contributed by atoms with Gasteiger partial charge in [-0.2, -0.15) is 5.26 Å². The Hall–Kier alpha value is -3.28. The number of ether oxygens (including phenoxy) is 3. The lowest BCUT2D eigenvalue weighted by Gasteiger charge is -2.44. The number of Topliss-reactive ketones (excluding diaryl/α,β-unsaturated/α-hetero) is 1. The Bertz CT molecular complexity index is 1360. The first kappa shape index (κ1) is 28.7. The van der Waals surface area contributed by atoms with E-state index in [1.807, 2.05) is 55.1 Å². The van der Waals surface area contributed by atoms with Crippen LogP contribution in [-0.2, 0) is 16.1 Å². The van der Waals surface area contributed by atoms with E-state index in [1.54, 1.807) is 7.11 Å². The Balaban J connectivity index is 1.81. The van der Waals surface area contributed by atoms with Crippen LogP contribution in [0.5, 0.6) is 11.5 Å². The number of nitrogens with zero attached hydrogens (tertiary/aromatic N) is 2. The van der Waals surface area contributed by atoms with Gasteiger partial charge in [0.2, 0.25) is 0 Å². The number of carbonyl (C=O) groups excluding carboxylic acids is 1. The molecule has 0 unspecified atom stereocenters. The lowest BCUT2D eigenvalue weighted by atomic mass is 9.68. The molecule has 39 heavy (non-hydrogen) atoms. The Labute approximate surface area is 239 Å². The molecule has 0 bridgehead atoms. The summed E-state index contributed by atoms with van der Waals surface area (Å²) in [6.45, 7) is 9.81. The minimum absolute atomic E-state index is 0.0264. The Morgan fingerprint density at radius 3 is 2.49 bits per heavy atom. The molecule has 206 valence electrons. The first-order chi connectivity index (χ1) is 18.6. The summed E-state index contributed by atoms with van der Waals surface area (Å²) in [7, 11) is 1.62. The summed E-state index contributed by atoms with van der Waals surface area (Å²) in [5.41, 5.74) is 11.2. The van der Waals surface area contributed by atoms with Gasteiger partial charge in [-0.25, -0.2) is 0 Å². The van der Waals surface area contributed by atoms with E-state index in [4.69, 9.17) is 19.9 Å². The second kappa shape index (κ2) is 11.8. The van der Waals surface area contributed by atoms with Crippen LogP contribution in [0.2, 0.25) is 0 Å². The number of aryl methyl sites for hydroxylation is 1. The Kier molecular flexibility index (Phi) is 8.73. The van der Waals surface area contributed by atoms with Crippen LogP contribution in [-0.4, -0.2) is 37.6 Å². The van der Waals surface area contributed by atoms with Crippen molar-refractivity contribution in [2.45, 2.75) is 53.1 Å². The molecule has 2 aliphatic rings. The number of ketones is 1. The molecular formula is C31H36BrN3O4. The molecule has 0 saturated heterocycles. The molecule has 1 heterocycles. The summed E-state index contributed by atoms with van der Waals surface area (Å²) < 4.78 is 18.2. The van der Waals surface area contributed by atoms with Gasteiger partial charge < -0.3 is 24.8 Å². The molecule has 7 nitrogen and oxygen atoms in total. The van der Waals surface area contributed by atoms with Crippen LogP contribution in [0.1, 0.15) is 56.2 Å². The number of rotatable bonds is 9. The predicted octanol–water partition coefficient (Wildman–Crippen LogP) is 6.12. The first-order valence-corrected chi connectivity index (χ1v) is 14.0. The van der Waals surface area contributed by atoms with Gasteiger partial charge in [0.15, 0.2) is 17.3 Å². The fourth-order valence-corrected chi connectivity index (χ4v) is 5.87. The molecule has 0 aromatic heterocycles. The minimum atomic E-state index is -0.618. The van der Waals surface area contributed by atoms with Crippen LogP contribution < -0.4 is 15.2 Å². The highest BCUT2D eigenvalue weighted by molar-refractivity contribution is 9.10. The van der Waals surface area contributed by atoms with Crippen molar-refractivity contribution in [1.29, 1.82) is 5.26 Å². The number of nitrogens with two attached hydrogens (primary N) is 1. The molecule has 0 saturated carbocycles. The smallest absolute Gasteiger partial charge is 0.162 e. The van der Waals surface area contributed by atoms with Gasteiger partial charge >= 0.3 is 0 Å². The number of benzene rings is 2. The molecule has 2 aromatic rings. The molecule has 0 amide bonds. The van der Waals surface area contributed by atoms with Crippen LogP contribution in [0.15, 0.2) is 63.5 Å². The largest absolute Gasteiger partial charge is 0.490 e. The minimum Gasteiger partial charge on any atom is -0.490 e. The molecule has 0 radical (unpaired) electrons. The van der Waals surface area contributed by atoms with E-state index in [9.17, 15) is 10.1 Å². The number of carbonyl (C=O) groups is 1. The topological polar surface area (TPSA) is 97.8 Å². The third-order valence-electron chi connectivity index (χ3n) is 7.19. The summed E-state index contributed by atoms with van der Waals surface area (Å²) in [6, 6.07) is 14.2. The molecule has 2 aromatic carbocycles. The van der Waals surface area contributed by atoms with Crippen LogP contribution in [0.25, 0.3) is 0 Å². The highest BCUT2D eigenvalue weighted by Gasteiger charge is 2.44. The van der Waals surface area contributed by atoms with E-state index in [2.05, 4.69) is 35.8 Å². The van der Waals surface area contributed by atoms with E-state index < -0.39 is 5.92 Å². The lowest BCUT2D eigenvalue weighted by molar-refractivity contribution is -0.118. The molecule has 8 heteroatoms. The van der Waals surface area contributed by atoms with Gasteiger partial charge in [0.1, 0.15) is 12.4 Å². The quantitative estimate of drug-likeness (QED) is 0.374. The Morgan fingerprint density at radius 1 is 1.15 bits per heavy atom. The van der Waals surface area contributed by atoms with Gasteiger partial charge in [-0.1, -0.05) is 59.6 Å². The molecule has 2 N–H and O–H groups in total. The van der Waals surface area contributed by atoms with Gasteiger partial charge in [-0.15, -0.1) is 0 Å². The maximum absolute atomic E-state index is 13.7. The van der Waals surface area contributed by atoms with Crippen molar-refractivity contribution in [2.75, 3.05) is 26.9 Å². The molecule has 0 fully saturated rings. The first-order valence-electron chi connectivity index (χ1n) is 13.2. The summed E-state index contributed by atoms with van der Waals surface area (Å²) >= 11 is 3.72. The summed E-state index contributed by atoms with van der Waals surface area (Å²) in [6.07, 6.45) is 1.06. The zero-order valence-electron chi connectivity index (χ0n) is 23.3. The number of nitriles is 1. The van der Waals surface area contributed by atoms with E-state index in [0.717, 1.165) is 16.8 Å². The molecule has 4 rings (SSSR count). The van der Waals surface area contributed by atoms with E-state index in [-0.39, 0.29) is 11.2 Å². The average molecular weight is 595 g/mol. The summed E-state index contributed by atoms with van der Waals surface area (Å²) in [5, 5.41) is 10.3. The Morgan fingerprint density at radius 2 is 1.85 bits per heavy atom. The average Bonchev–Trinajstić information content (AvgIpc) is 2.88. The van der Waals surface area contributed by atoms with Gasteiger partial charge in [-0.05, 0) is 48.9 Å². The van der Waals surface area contributed by atoms with Gasteiger partial charge in [0.25, 0.3) is 0 Å². The van der Waals surface area contributed by atoms with Crippen molar-refractivity contribution < 1.29 is 19.0 Å². The zero-order chi connectivity index (χ0) is 28.3. The third kappa shape index (κ3) is 6.00. The second-order valence-electron chi connectivity index (χ2n) is 10.8. The number of halogens is 1. The predicted molar refractivity (Wildman–Crippen MR) is 154 cm³/mol. The zero-order valence-corrected chi connectivity index (χ0v) is 24.9. The number of methoxy groups -OCH3 is 1. The van der Waals surface area contributed by atoms with Gasteiger partial charge in [-0.3, -0.25) is 4.79 Å². The van der Waals surface area contributed by atoms with Crippen molar-refractivity contribution in [3.8, 4) is 17.6 Å². The monoisotopic (exact) mass is 593 g/mol. The van der Waals surface area contributed by atoms with Crippen molar-refractivity contribution in [1.82, 2.24) is 4.90 Å². The van der Waals surface area contributed by atoms with Crippen molar-refractivity contribution in [2.24, 2.45) is 11.1 Å². The third-order valence-corrected chi connectivity index (χ3v) is 7.88. The van der Waals surface area contributed by atoms with Crippen LogP contribution >= 0.6 is 15.9 Å². The van der Waals surface area contributed by atoms with Crippen LogP contribution in [0, 0.1) is 23.7 Å². The number of hydrogen-bond donors (Lipinski definition) is 1. The number of hydrogen-bond acceptors (Lipinski definition) is 7. The standard InChI is InChI=1S/C31H36BrN3O4/c1-6-38-26-13-21(23(32)14-27(26)39-18-20-9-7-19(2)8-10-20)28-22(17-33)30(34)35(11-12-37-5)24-15-31(3,4)16-25(36)29(24)28/h7-10,13-14,28H,6,11-12,15-16,18,34H2,1-5H3/t28-/m1/s1. The molecule has 1 atom stereocenters. The summed E-state index contributed by atoms with van der Waals surface area (Å²) in [4.78, 5) is 15.6. The lowest BCUT2D eigenvalue weighted by Crippen LogP contribution is -2.43. The van der Waals surface area contributed by atoms with Crippen molar-refractivity contribution in [3.05, 3.63) is 80.2 Å². The van der Waals surface area contributed by atoms with E-state index >= 15 is 0 Å². The fourth-order valence-electron chi connectivity index (χ4n) is 5.32. The fraction of sp³-hybridized carbons (Fsp3) is 0.419. The molecular weight excluding hydrogens is 558 g/mol. The van der Waals surface area contributed by atoms with Gasteiger partial charge in [0.05, 0.1) is 30.8 Å². The molecule has 1 aliphatic carbocycles. The highest BCUT2D eigenvalue weighted by atomic mass is 79.9. The maximum atomic E-state index is 13.7. The van der Waals surface area contributed by atoms with Gasteiger partial charge in [0, 0.05) is 35.8 Å². The summed E-state index contributed by atoms with van der Waals surface area (Å²) in [5.74, 6) is 0.886. The highest BCUT2D eigenvalue weighted by Crippen LogP contribution is 2.51. The van der Waals surface area contributed by atoms with Crippen LogP contribution in [0.4, 0.5) is 0 Å². The van der Waals surface area contributed by atoms with Crippen molar-refractivity contribution >= 4 is 21.7 Å². The van der Waals surface area contributed by atoms with E-state index in [1.165, 1.54) is 5.56 Å². The number of allylic oxidation sites excluding steroid dienone is 3. The van der Waals surface area contributed by atoms with E-state index in [0.29, 0.717) is 72.1 Å². The molecule has 0 spiro atoms. The van der Waals surface area contributed by atoms with Crippen molar-refractivity contribution in [3.63, 3.8) is 0 Å². The normalized spacial score (nSPS) is 18.6. The second-order valence-corrected chi connectivity index (χ2v) is 11.7. The SMILES string of the molecule is CCOc1cc([C@@H]2C(C#N)=C(N)N(CCOC)C3=C2C(=O)CC(C)(C)C3)c(Br)cc1OCc1ccc(C)cc1. The molecule has 1 aliphatic heterocycles.